The van der Waals surface area contributed by atoms with Crippen molar-refractivity contribution in [3.05, 3.63) is 29.6 Å². The van der Waals surface area contributed by atoms with E-state index in [0.717, 1.165) is 12.1 Å². The second-order valence-electron chi connectivity index (χ2n) is 2.12. The number of amides is 1. The van der Waals surface area contributed by atoms with Crippen LogP contribution < -0.4 is 16.5 Å². The topological polar surface area (TPSA) is 78.3 Å². The Hall–Kier alpha value is -1.62. The summed E-state index contributed by atoms with van der Waals surface area (Å²) in [6, 6.07) is 3.31. The number of nitrogens with two attached hydrogens (primary N) is 2. The molecule has 0 saturated heterocycles. The Morgan fingerprint density at radius 2 is 2.17 bits per heavy atom. The molecule has 0 atom stereocenters. The molecule has 5 heteroatoms. The lowest BCUT2D eigenvalue weighted by atomic mass is 10.2. The third-order valence-electron chi connectivity index (χ3n) is 1.33. The van der Waals surface area contributed by atoms with Gasteiger partial charge in [0.15, 0.2) is 5.75 Å². The number of rotatable bonds is 2. The van der Waals surface area contributed by atoms with Crippen LogP contribution in [0.3, 0.4) is 0 Å². The van der Waals surface area contributed by atoms with Gasteiger partial charge >= 0.3 is 0 Å². The van der Waals surface area contributed by atoms with Gasteiger partial charge in [-0.05, 0) is 18.2 Å². The van der Waals surface area contributed by atoms with E-state index in [1.165, 1.54) is 6.07 Å². The minimum atomic E-state index is -0.782. The molecule has 0 aromatic heterocycles. The molecule has 1 aromatic rings. The molecule has 0 aliphatic heterocycles. The number of benzene rings is 1. The average molecular weight is 170 g/mol. The summed E-state index contributed by atoms with van der Waals surface area (Å²) >= 11 is 0. The van der Waals surface area contributed by atoms with E-state index in [2.05, 4.69) is 4.84 Å². The highest BCUT2D eigenvalue weighted by Gasteiger charge is 2.09. The Bertz CT molecular complexity index is 314. The van der Waals surface area contributed by atoms with Gasteiger partial charge in [0.2, 0.25) is 0 Å². The van der Waals surface area contributed by atoms with Crippen LogP contribution in [0.2, 0.25) is 0 Å². The van der Waals surface area contributed by atoms with Crippen molar-refractivity contribution in [1.29, 1.82) is 0 Å². The first-order chi connectivity index (χ1) is 5.65. The Morgan fingerprint density at radius 1 is 1.50 bits per heavy atom. The van der Waals surface area contributed by atoms with Crippen LogP contribution in [-0.2, 0) is 0 Å². The highest BCUT2D eigenvalue weighted by atomic mass is 19.1. The second kappa shape index (κ2) is 3.19. The first kappa shape index (κ1) is 8.48. The molecular weight excluding hydrogens is 163 g/mol. The Morgan fingerprint density at radius 3 is 2.67 bits per heavy atom. The molecule has 0 unspecified atom stereocenters. The van der Waals surface area contributed by atoms with Gasteiger partial charge < -0.3 is 10.6 Å². The fourth-order valence-electron chi connectivity index (χ4n) is 0.798. The number of hydrogen-bond acceptors (Lipinski definition) is 3. The van der Waals surface area contributed by atoms with Gasteiger partial charge in [-0.15, -0.1) is 0 Å². The summed E-state index contributed by atoms with van der Waals surface area (Å²) in [7, 11) is 0. The van der Waals surface area contributed by atoms with E-state index in [-0.39, 0.29) is 11.3 Å². The van der Waals surface area contributed by atoms with Gasteiger partial charge in [0.25, 0.3) is 5.91 Å². The van der Waals surface area contributed by atoms with E-state index in [1.807, 2.05) is 0 Å². The largest absolute Gasteiger partial charge is 0.411 e. The summed E-state index contributed by atoms with van der Waals surface area (Å²) in [5, 5.41) is 0. The Balaban J connectivity index is 3.21. The SMILES string of the molecule is NOc1ccc(F)cc1C(N)=O. The molecule has 4 N–H and O–H groups in total. The number of hydrogen-bond donors (Lipinski definition) is 2. The van der Waals surface area contributed by atoms with Crippen molar-refractivity contribution < 1.29 is 14.0 Å². The summed E-state index contributed by atoms with van der Waals surface area (Å²) in [6.07, 6.45) is 0. The number of carbonyl (C=O) groups is 1. The first-order valence-corrected chi connectivity index (χ1v) is 3.11. The lowest BCUT2D eigenvalue weighted by Gasteiger charge is -2.02. The molecule has 0 saturated carbocycles. The van der Waals surface area contributed by atoms with Crippen LogP contribution in [0.4, 0.5) is 4.39 Å². The summed E-state index contributed by atoms with van der Waals surface area (Å²) in [5.74, 6) is 3.52. The molecule has 0 spiro atoms. The maximum atomic E-state index is 12.5. The molecule has 0 heterocycles. The standard InChI is InChI=1S/C7H7FN2O2/c8-4-1-2-6(12-10)5(3-4)7(9)11/h1-3H,10H2,(H2,9,11). The lowest BCUT2D eigenvalue weighted by molar-refractivity contribution is 0.0996. The predicted octanol–water partition coefficient (Wildman–Crippen LogP) is 0.177. The van der Waals surface area contributed by atoms with Crippen LogP contribution in [0.25, 0.3) is 0 Å². The van der Waals surface area contributed by atoms with Crippen LogP contribution in [0.5, 0.6) is 5.75 Å². The fraction of sp³-hybridized carbons (Fsp3) is 0. The number of carbonyl (C=O) groups excluding carboxylic acids is 1. The molecule has 1 rings (SSSR count). The lowest BCUT2D eigenvalue weighted by Crippen LogP contribution is -2.15. The average Bonchev–Trinajstić information content (AvgIpc) is 2.04. The highest BCUT2D eigenvalue weighted by molar-refractivity contribution is 5.95. The van der Waals surface area contributed by atoms with Gasteiger partial charge in [0.1, 0.15) is 5.82 Å². The quantitative estimate of drug-likeness (QED) is 0.621. The highest BCUT2D eigenvalue weighted by Crippen LogP contribution is 2.17. The molecule has 1 aromatic carbocycles. The number of primary amides is 1. The Labute approximate surface area is 67.9 Å². The molecule has 1 amide bonds. The normalized spacial score (nSPS) is 9.50. The molecule has 0 radical (unpaired) electrons. The van der Waals surface area contributed by atoms with Gasteiger partial charge in [0, 0.05) is 0 Å². The van der Waals surface area contributed by atoms with Crippen molar-refractivity contribution in [2.45, 2.75) is 0 Å². The first-order valence-electron chi connectivity index (χ1n) is 3.11. The van der Waals surface area contributed by atoms with Crippen LogP contribution in [0, 0.1) is 5.82 Å². The molecule has 0 fully saturated rings. The van der Waals surface area contributed by atoms with Crippen molar-refractivity contribution in [3.63, 3.8) is 0 Å². The van der Waals surface area contributed by atoms with Crippen LogP contribution >= 0.6 is 0 Å². The van der Waals surface area contributed by atoms with Gasteiger partial charge in [-0.1, -0.05) is 0 Å². The van der Waals surface area contributed by atoms with E-state index in [4.69, 9.17) is 11.6 Å². The zero-order chi connectivity index (χ0) is 9.14. The third kappa shape index (κ3) is 1.51. The maximum Gasteiger partial charge on any atom is 0.252 e. The third-order valence-corrected chi connectivity index (χ3v) is 1.33. The predicted molar refractivity (Wildman–Crippen MR) is 39.7 cm³/mol. The Kier molecular flexibility index (Phi) is 2.25. The zero-order valence-corrected chi connectivity index (χ0v) is 6.08. The van der Waals surface area contributed by atoms with Gasteiger partial charge in [0.05, 0.1) is 5.56 Å². The number of halogens is 1. The van der Waals surface area contributed by atoms with Crippen molar-refractivity contribution >= 4 is 5.91 Å². The van der Waals surface area contributed by atoms with E-state index < -0.39 is 11.7 Å². The zero-order valence-electron chi connectivity index (χ0n) is 6.08. The van der Waals surface area contributed by atoms with Gasteiger partial charge in [-0.25, -0.2) is 4.39 Å². The van der Waals surface area contributed by atoms with Crippen LogP contribution in [0.15, 0.2) is 18.2 Å². The van der Waals surface area contributed by atoms with Gasteiger partial charge in [-0.2, -0.15) is 5.90 Å². The van der Waals surface area contributed by atoms with Crippen LogP contribution in [0.1, 0.15) is 10.4 Å². The summed E-state index contributed by atoms with van der Waals surface area (Å²) < 4.78 is 12.5. The molecule has 0 bridgehead atoms. The van der Waals surface area contributed by atoms with Crippen molar-refractivity contribution in [2.24, 2.45) is 11.6 Å². The fourth-order valence-corrected chi connectivity index (χ4v) is 0.798. The molecule has 12 heavy (non-hydrogen) atoms. The molecule has 0 aliphatic carbocycles. The van der Waals surface area contributed by atoms with E-state index in [9.17, 15) is 9.18 Å². The molecule has 64 valence electrons. The minimum Gasteiger partial charge on any atom is -0.411 e. The second-order valence-corrected chi connectivity index (χ2v) is 2.12. The van der Waals surface area contributed by atoms with E-state index in [1.54, 1.807) is 0 Å². The summed E-state index contributed by atoms with van der Waals surface area (Å²) in [6.45, 7) is 0. The van der Waals surface area contributed by atoms with E-state index >= 15 is 0 Å². The monoisotopic (exact) mass is 170 g/mol. The van der Waals surface area contributed by atoms with Crippen molar-refractivity contribution in [2.75, 3.05) is 0 Å². The van der Waals surface area contributed by atoms with Gasteiger partial charge in [-0.3, -0.25) is 4.79 Å². The summed E-state index contributed by atoms with van der Waals surface area (Å²) in [4.78, 5) is 14.9. The van der Waals surface area contributed by atoms with Crippen LogP contribution in [-0.4, -0.2) is 5.91 Å². The van der Waals surface area contributed by atoms with E-state index in [0.29, 0.717) is 0 Å². The van der Waals surface area contributed by atoms with Crippen molar-refractivity contribution in [3.8, 4) is 5.75 Å². The maximum absolute atomic E-state index is 12.5. The molecule has 4 nitrogen and oxygen atoms in total. The molecule has 0 aliphatic rings. The summed E-state index contributed by atoms with van der Waals surface area (Å²) in [5.41, 5.74) is 4.85. The minimum absolute atomic E-state index is 0.0592. The van der Waals surface area contributed by atoms with Crippen molar-refractivity contribution in [1.82, 2.24) is 0 Å². The molecular formula is C7H7FN2O2. The smallest absolute Gasteiger partial charge is 0.252 e.